The lowest BCUT2D eigenvalue weighted by Crippen LogP contribution is -2.39. The smallest absolute Gasteiger partial charge is 0.219 e. The van der Waals surface area contributed by atoms with Crippen LogP contribution in [0.15, 0.2) is 23.8 Å². The molecular weight excluding hydrogens is 234 g/mol. The first kappa shape index (κ1) is 13.0. The molecule has 2 nitrogen and oxygen atoms in total. The molecule has 0 aromatic carbocycles. The Labute approximate surface area is 116 Å². The van der Waals surface area contributed by atoms with E-state index in [1.54, 1.807) is 12.5 Å². The van der Waals surface area contributed by atoms with Gasteiger partial charge in [0.1, 0.15) is 0 Å². The van der Waals surface area contributed by atoms with Gasteiger partial charge in [0.2, 0.25) is 5.91 Å². The standard InChI is InChI=1S/C17H25NO/c1-12(19)18(2)16-5-3-4-15(11-16)17-10-13-6-8-14(17)9-7-13/h4,6,8,13-14,16-17H,3,5,7,9-11H2,1-2H3. The third-order valence-electron chi connectivity index (χ3n) is 5.47. The van der Waals surface area contributed by atoms with E-state index in [0.717, 1.165) is 37.0 Å². The number of hydrogen-bond acceptors (Lipinski definition) is 1. The summed E-state index contributed by atoms with van der Waals surface area (Å²) >= 11 is 0. The Morgan fingerprint density at radius 2 is 2.11 bits per heavy atom. The molecule has 4 rings (SSSR count). The van der Waals surface area contributed by atoms with Crippen LogP contribution >= 0.6 is 0 Å². The van der Waals surface area contributed by atoms with Crippen molar-refractivity contribution in [2.45, 2.75) is 51.5 Å². The molecule has 0 aliphatic heterocycles. The summed E-state index contributed by atoms with van der Waals surface area (Å²) in [5.74, 6) is 2.57. The summed E-state index contributed by atoms with van der Waals surface area (Å²) in [7, 11) is 1.96. The van der Waals surface area contributed by atoms with E-state index in [2.05, 4.69) is 18.2 Å². The van der Waals surface area contributed by atoms with Gasteiger partial charge in [-0.3, -0.25) is 4.79 Å². The second kappa shape index (κ2) is 5.15. The number of fused-ring (bicyclic) bond motifs is 2. The highest BCUT2D eigenvalue weighted by atomic mass is 16.2. The number of amides is 1. The van der Waals surface area contributed by atoms with Crippen LogP contribution in [-0.4, -0.2) is 23.9 Å². The molecule has 0 spiro atoms. The number of carbonyl (C=O) groups is 1. The molecule has 0 aromatic rings. The largest absolute Gasteiger partial charge is 0.343 e. The van der Waals surface area contributed by atoms with Crippen LogP contribution in [0.3, 0.4) is 0 Å². The molecule has 0 saturated heterocycles. The molecule has 4 unspecified atom stereocenters. The quantitative estimate of drug-likeness (QED) is 0.695. The van der Waals surface area contributed by atoms with Crippen LogP contribution in [0, 0.1) is 17.8 Å². The molecule has 4 aliphatic carbocycles. The Hall–Kier alpha value is -1.05. The maximum atomic E-state index is 11.5. The van der Waals surface area contributed by atoms with E-state index < -0.39 is 0 Å². The SMILES string of the molecule is CC(=O)N(C)C1CCC=C(C2CC3C=CC2CC3)C1. The number of nitrogens with zero attached hydrogens (tertiary/aromatic N) is 1. The minimum atomic E-state index is 0.205. The third-order valence-corrected chi connectivity index (χ3v) is 5.47. The molecule has 2 bridgehead atoms. The van der Waals surface area contributed by atoms with Crippen molar-refractivity contribution in [3.8, 4) is 0 Å². The second-order valence-corrected chi connectivity index (χ2v) is 6.57. The second-order valence-electron chi connectivity index (χ2n) is 6.57. The summed E-state index contributed by atoms with van der Waals surface area (Å²) in [6, 6.07) is 0.432. The van der Waals surface area contributed by atoms with Gasteiger partial charge in [0, 0.05) is 20.0 Å². The molecule has 2 heteroatoms. The van der Waals surface area contributed by atoms with Crippen LogP contribution in [0.5, 0.6) is 0 Å². The predicted octanol–water partition coefficient (Wildman–Crippen LogP) is 3.55. The van der Waals surface area contributed by atoms with Gasteiger partial charge < -0.3 is 4.90 Å². The van der Waals surface area contributed by atoms with Crippen molar-refractivity contribution in [3.05, 3.63) is 23.8 Å². The highest BCUT2D eigenvalue weighted by molar-refractivity contribution is 5.73. The molecule has 104 valence electrons. The summed E-state index contributed by atoms with van der Waals surface area (Å²) in [4.78, 5) is 13.5. The number of hydrogen-bond donors (Lipinski definition) is 0. The first-order valence-electron chi connectivity index (χ1n) is 7.76. The number of allylic oxidation sites excluding steroid dienone is 3. The minimum absolute atomic E-state index is 0.205. The Morgan fingerprint density at radius 1 is 1.26 bits per heavy atom. The van der Waals surface area contributed by atoms with Gasteiger partial charge in [-0.1, -0.05) is 23.8 Å². The van der Waals surface area contributed by atoms with Crippen LogP contribution < -0.4 is 0 Å². The molecule has 4 aliphatic rings. The van der Waals surface area contributed by atoms with Crippen LogP contribution in [-0.2, 0) is 4.79 Å². The molecule has 1 saturated carbocycles. The van der Waals surface area contributed by atoms with E-state index in [4.69, 9.17) is 0 Å². The van der Waals surface area contributed by atoms with Crippen LogP contribution in [0.2, 0.25) is 0 Å². The van der Waals surface area contributed by atoms with E-state index in [0.29, 0.717) is 6.04 Å². The molecule has 19 heavy (non-hydrogen) atoms. The zero-order chi connectivity index (χ0) is 13.4. The number of carbonyl (C=O) groups excluding carboxylic acids is 1. The predicted molar refractivity (Wildman–Crippen MR) is 77.6 cm³/mol. The Morgan fingerprint density at radius 3 is 2.68 bits per heavy atom. The lowest BCUT2D eigenvalue weighted by Gasteiger charge is -2.42. The fourth-order valence-electron chi connectivity index (χ4n) is 4.17. The summed E-state index contributed by atoms with van der Waals surface area (Å²) in [5, 5.41) is 0. The van der Waals surface area contributed by atoms with E-state index in [1.807, 2.05) is 11.9 Å². The molecule has 0 aromatic heterocycles. The van der Waals surface area contributed by atoms with E-state index in [1.165, 1.54) is 19.3 Å². The lowest BCUT2D eigenvalue weighted by molar-refractivity contribution is -0.129. The molecule has 0 N–H and O–H groups in total. The Bertz CT molecular complexity index is 423. The van der Waals surface area contributed by atoms with Crippen molar-refractivity contribution in [3.63, 3.8) is 0 Å². The molecule has 0 radical (unpaired) electrons. The summed E-state index contributed by atoms with van der Waals surface area (Å²) < 4.78 is 0. The fourth-order valence-corrected chi connectivity index (χ4v) is 4.17. The Balaban J connectivity index is 1.70. The normalized spacial score (nSPS) is 37.1. The summed E-state index contributed by atoms with van der Waals surface area (Å²) in [6.45, 7) is 1.68. The lowest BCUT2D eigenvalue weighted by atomic mass is 9.65. The van der Waals surface area contributed by atoms with Crippen molar-refractivity contribution in [2.24, 2.45) is 17.8 Å². The molecule has 4 atom stereocenters. The summed E-state index contributed by atoms with van der Waals surface area (Å²) in [6.07, 6.45) is 14.9. The number of rotatable bonds is 2. The molecule has 1 fully saturated rings. The highest BCUT2D eigenvalue weighted by Gasteiger charge is 2.35. The molecule has 1 amide bonds. The third kappa shape index (κ3) is 2.50. The van der Waals surface area contributed by atoms with E-state index >= 15 is 0 Å². The molecule has 0 heterocycles. The van der Waals surface area contributed by atoms with Crippen LogP contribution in [0.25, 0.3) is 0 Å². The van der Waals surface area contributed by atoms with Gasteiger partial charge >= 0.3 is 0 Å². The zero-order valence-corrected chi connectivity index (χ0v) is 12.1. The van der Waals surface area contributed by atoms with E-state index in [9.17, 15) is 4.79 Å². The Kier molecular flexibility index (Phi) is 3.51. The van der Waals surface area contributed by atoms with Gasteiger partial charge in [0.25, 0.3) is 0 Å². The minimum Gasteiger partial charge on any atom is -0.343 e. The van der Waals surface area contributed by atoms with Crippen molar-refractivity contribution in [1.82, 2.24) is 4.90 Å². The topological polar surface area (TPSA) is 20.3 Å². The van der Waals surface area contributed by atoms with Gasteiger partial charge in [-0.2, -0.15) is 0 Å². The van der Waals surface area contributed by atoms with Gasteiger partial charge in [-0.15, -0.1) is 0 Å². The van der Waals surface area contributed by atoms with E-state index in [-0.39, 0.29) is 5.91 Å². The summed E-state index contributed by atoms with van der Waals surface area (Å²) in [5.41, 5.74) is 1.64. The monoisotopic (exact) mass is 259 g/mol. The van der Waals surface area contributed by atoms with Gasteiger partial charge in [-0.25, -0.2) is 0 Å². The van der Waals surface area contributed by atoms with Crippen molar-refractivity contribution >= 4 is 5.91 Å². The zero-order valence-electron chi connectivity index (χ0n) is 12.1. The van der Waals surface area contributed by atoms with Gasteiger partial charge in [0.05, 0.1) is 0 Å². The molecular formula is C17H25NO. The van der Waals surface area contributed by atoms with Crippen molar-refractivity contribution in [1.29, 1.82) is 0 Å². The van der Waals surface area contributed by atoms with Crippen molar-refractivity contribution < 1.29 is 4.79 Å². The van der Waals surface area contributed by atoms with Gasteiger partial charge in [0.15, 0.2) is 0 Å². The first-order chi connectivity index (χ1) is 9.15. The fraction of sp³-hybridized carbons (Fsp3) is 0.706. The highest BCUT2D eigenvalue weighted by Crippen LogP contribution is 2.46. The average molecular weight is 259 g/mol. The van der Waals surface area contributed by atoms with Crippen LogP contribution in [0.1, 0.15) is 45.4 Å². The maximum absolute atomic E-state index is 11.5. The first-order valence-corrected chi connectivity index (χ1v) is 7.76. The maximum Gasteiger partial charge on any atom is 0.219 e. The van der Waals surface area contributed by atoms with Gasteiger partial charge in [-0.05, 0) is 56.3 Å². The van der Waals surface area contributed by atoms with Crippen LogP contribution in [0.4, 0.5) is 0 Å². The van der Waals surface area contributed by atoms with Crippen molar-refractivity contribution in [2.75, 3.05) is 7.05 Å². The average Bonchev–Trinajstić information content (AvgIpc) is 2.47.